The molecule has 140 valence electrons. The number of nitrogens with one attached hydrogen (secondary N) is 1. The summed E-state index contributed by atoms with van der Waals surface area (Å²) >= 11 is 0. The van der Waals surface area contributed by atoms with Gasteiger partial charge < -0.3 is 10.7 Å². The Hall–Kier alpha value is -3.07. The van der Waals surface area contributed by atoms with Crippen LogP contribution in [0, 0.1) is 5.82 Å². The molecule has 0 saturated carbocycles. The van der Waals surface area contributed by atoms with Crippen molar-refractivity contribution in [3.8, 4) is 22.4 Å². The Kier molecular flexibility index (Phi) is 3.97. The number of rotatable bonds is 4. The average Bonchev–Trinajstić information content (AvgIpc) is 3.23. The first kappa shape index (κ1) is 17.1. The Balaban J connectivity index is 1.57. The van der Waals surface area contributed by atoms with Crippen LogP contribution in [0.5, 0.6) is 0 Å². The summed E-state index contributed by atoms with van der Waals surface area (Å²) in [6, 6.07) is 18.2. The van der Waals surface area contributed by atoms with Gasteiger partial charge in [-0.25, -0.2) is 4.39 Å². The molecular weight excluding hydrogens is 347 g/mol. The monoisotopic (exact) mass is 370 g/mol. The second-order valence-corrected chi connectivity index (χ2v) is 7.72. The molecule has 0 saturated heterocycles. The highest BCUT2D eigenvalue weighted by molar-refractivity contribution is 5.97. The molecule has 1 aromatic heterocycles. The first-order valence-corrected chi connectivity index (χ1v) is 9.97. The van der Waals surface area contributed by atoms with Crippen molar-refractivity contribution in [1.29, 1.82) is 0 Å². The maximum Gasteiger partial charge on any atom is 0.155 e. The lowest BCUT2D eigenvalue weighted by atomic mass is 9.99. The SMILES string of the molecule is CCCCc1ccc(-c2ccc3c4c([nH]c3c2F)-c2ccc(N)cc2C4)cc1. The Morgan fingerprint density at radius 2 is 1.79 bits per heavy atom. The van der Waals surface area contributed by atoms with Gasteiger partial charge in [-0.1, -0.05) is 55.8 Å². The number of aromatic amines is 1. The maximum absolute atomic E-state index is 15.4. The van der Waals surface area contributed by atoms with Crippen LogP contribution in [0.15, 0.2) is 54.6 Å². The maximum atomic E-state index is 15.4. The largest absolute Gasteiger partial charge is 0.399 e. The molecular formula is C25H23FN2. The van der Waals surface area contributed by atoms with E-state index in [9.17, 15) is 0 Å². The molecule has 0 radical (unpaired) electrons. The molecule has 1 aliphatic rings. The van der Waals surface area contributed by atoms with Gasteiger partial charge in [0.25, 0.3) is 0 Å². The third-order valence-corrected chi connectivity index (χ3v) is 5.87. The summed E-state index contributed by atoms with van der Waals surface area (Å²) in [5.74, 6) is -0.176. The van der Waals surface area contributed by atoms with Crippen LogP contribution in [0.4, 0.5) is 10.1 Å². The van der Waals surface area contributed by atoms with Crippen molar-refractivity contribution in [3.05, 3.63) is 77.1 Å². The zero-order valence-electron chi connectivity index (χ0n) is 16.0. The predicted octanol–water partition coefficient (Wildman–Crippen LogP) is 6.47. The Labute approximate surface area is 164 Å². The molecule has 0 aliphatic heterocycles. The molecule has 0 spiro atoms. The number of nitrogens with two attached hydrogens (primary N) is 1. The highest BCUT2D eigenvalue weighted by Crippen LogP contribution is 2.42. The van der Waals surface area contributed by atoms with E-state index in [0.29, 0.717) is 11.1 Å². The minimum Gasteiger partial charge on any atom is -0.399 e. The number of halogens is 1. The fourth-order valence-corrected chi connectivity index (χ4v) is 4.35. The van der Waals surface area contributed by atoms with Crippen LogP contribution in [0.1, 0.15) is 36.5 Å². The summed E-state index contributed by atoms with van der Waals surface area (Å²) < 4.78 is 15.4. The molecule has 5 rings (SSSR count). The lowest BCUT2D eigenvalue weighted by Gasteiger charge is -2.07. The zero-order valence-corrected chi connectivity index (χ0v) is 16.0. The van der Waals surface area contributed by atoms with Gasteiger partial charge in [-0.15, -0.1) is 0 Å². The molecule has 3 heteroatoms. The van der Waals surface area contributed by atoms with Crippen molar-refractivity contribution >= 4 is 16.6 Å². The second-order valence-electron chi connectivity index (χ2n) is 7.72. The molecule has 3 aromatic carbocycles. The number of hydrogen-bond acceptors (Lipinski definition) is 1. The minimum absolute atomic E-state index is 0.176. The van der Waals surface area contributed by atoms with E-state index in [1.54, 1.807) is 0 Å². The van der Waals surface area contributed by atoms with Crippen LogP contribution in [-0.2, 0) is 12.8 Å². The number of fused-ring (bicyclic) bond motifs is 5. The number of benzene rings is 3. The Morgan fingerprint density at radius 3 is 2.57 bits per heavy atom. The van der Waals surface area contributed by atoms with E-state index >= 15 is 4.39 Å². The van der Waals surface area contributed by atoms with Crippen molar-refractivity contribution in [2.45, 2.75) is 32.6 Å². The van der Waals surface area contributed by atoms with E-state index in [0.717, 1.165) is 46.3 Å². The topological polar surface area (TPSA) is 41.8 Å². The van der Waals surface area contributed by atoms with Gasteiger partial charge >= 0.3 is 0 Å². The lowest BCUT2D eigenvalue weighted by molar-refractivity contribution is 0.640. The van der Waals surface area contributed by atoms with E-state index in [2.05, 4.69) is 24.0 Å². The minimum atomic E-state index is -0.176. The molecule has 28 heavy (non-hydrogen) atoms. The van der Waals surface area contributed by atoms with E-state index in [-0.39, 0.29) is 5.82 Å². The lowest BCUT2D eigenvalue weighted by Crippen LogP contribution is -1.91. The first-order valence-electron chi connectivity index (χ1n) is 9.97. The zero-order chi connectivity index (χ0) is 19.3. The van der Waals surface area contributed by atoms with Gasteiger partial charge in [-0.05, 0) is 47.2 Å². The number of nitrogen functional groups attached to an aromatic ring is 1. The molecule has 3 N–H and O–H groups in total. The summed E-state index contributed by atoms with van der Waals surface area (Å²) in [4.78, 5) is 3.35. The Bertz CT molecular complexity index is 1190. The molecule has 4 aromatic rings. The summed E-state index contributed by atoms with van der Waals surface area (Å²) in [6.07, 6.45) is 4.23. The van der Waals surface area contributed by atoms with Crippen LogP contribution in [-0.4, -0.2) is 4.98 Å². The Morgan fingerprint density at radius 1 is 1.00 bits per heavy atom. The molecule has 0 bridgehead atoms. The molecule has 1 aliphatic carbocycles. The van der Waals surface area contributed by atoms with Crippen LogP contribution in [0.3, 0.4) is 0 Å². The van der Waals surface area contributed by atoms with Gasteiger partial charge in [0.2, 0.25) is 0 Å². The van der Waals surface area contributed by atoms with E-state index in [1.165, 1.54) is 24.0 Å². The van der Waals surface area contributed by atoms with Crippen LogP contribution in [0.25, 0.3) is 33.3 Å². The van der Waals surface area contributed by atoms with E-state index in [1.807, 2.05) is 42.5 Å². The molecule has 0 fully saturated rings. The predicted molar refractivity (Wildman–Crippen MR) is 115 cm³/mol. The second kappa shape index (κ2) is 6.52. The van der Waals surface area contributed by atoms with Crippen LogP contribution >= 0.6 is 0 Å². The number of aryl methyl sites for hydroxylation is 1. The third kappa shape index (κ3) is 2.62. The highest BCUT2D eigenvalue weighted by Gasteiger charge is 2.25. The van der Waals surface area contributed by atoms with E-state index < -0.39 is 0 Å². The molecule has 0 amide bonds. The fraction of sp³-hybridized carbons (Fsp3) is 0.200. The number of unbranched alkanes of at least 4 members (excludes halogenated alkanes) is 1. The van der Waals surface area contributed by atoms with Gasteiger partial charge in [0.05, 0.1) is 11.2 Å². The highest BCUT2D eigenvalue weighted by atomic mass is 19.1. The van der Waals surface area contributed by atoms with Crippen molar-refractivity contribution in [1.82, 2.24) is 4.98 Å². The van der Waals surface area contributed by atoms with Crippen LogP contribution < -0.4 is 5.73 Å². The van der Waals surface area contributed by atoms with E-state index in [4.69, 9.17) is 5.73 Å². The number of hydrogen-bond donors (Lipinski definition) is 2. The van der Waals surface area contributed by atoms with Gasteiger partial charge in [-0.3, -0.25) is 0 Å². The molecule has 0 atom stereocenters. The number of H-pyrrole nitrogens is 1. The number of aromatic nitrogens is 1. The van der Waals surface area contributed by atoms with Gasteiger partial charge in [0.15, 0.2) is 5.82 Å². The summed E-state index contributed by atoms with van der Waals surface area (Å²) in [5, 5.41) is 0.964. The average molecular weight is 370 g/mol. The summed E-state index contributed by atoms with van der Waals surface area (Å²) in [5.41, 5.74) is 14.7. The van der Waals surface area contributed by atoms with Gasteiger partial charge in [-0.2, -0.15) is 0 Å². The standard InChI is InChI=1S/C25H23FN2/c1-2-3-4-15-5-7-16(8-6-15)19-11-12-21-22-14-17-13-18(27)9-10-20(17)24(22)28-25(21)23(19)26/h5-13,28H,2-4,14,27H2,1H3. The number of anilines is 1. The quantitative estimate of drug-likeness (QED) is 0.350. The molecule has 0 unspecified atom stereocenters. The normalized spacial score (nSPS) is 12.4. The van der Waals surface area contributed by atoms with Crippen molar-refractivity contribution in [3.63, 3.8) is 0 Å². The molecule has 2 nitrogen and oxygen atoms in total. The van der Waals surface area contributed by atoms with Crippen molar-refractivity contribution in [2.75, 3.05) is 5.73 Å². The smallest absolute Gasteiger partial charge is 0.155 e. The van der Waals surface area contributed by atoms with Gasteiger partial charge in [0.1, 0.15) is 0 Å². The van der Waals surface area contributed by atoms with Crippen molar-refractivity contribution in [2.24, 2.45) is 0 Å². The fourth-order valence-electron chi connectivity index (χ4n) is 4.35. The first-order chi connectivity index (χ1) is 13.7. The summed E-state index contributed by atoms with van der Waals surface area (Å²) in [7, 11) is 0. The summed E-state index contributed by atoms with van der Waals surface area (Å²) in [6.45, 7) is 2.19. The van der Waals surface area contributed by atoms with Crippen LogP contribution in [0.2, 0.25) is 0 Å². The van der Waals surface area contributed by atoms with Crippen molar-refractivity contribution < 1.29 is 4.39 Å². The van der Waals surface area contributed by atoms with Gasteiger partial charge in [0, 0.05) is 28.6 Å². The molecule has 1 heterocycles. The third-order valence-electron chi connectivity index (χ3n) is 5.87.